The molecule has 1 unspecified atom stereocenters. The minimum Gasteiger partial charge on any atom is -0.386 e. The Labute approximate surface area is 121 Å². The lowest BCUT2D eigenvalue weighted by atomic mass is 9.83. The van der Waals surface area contributed by atoms with Crippen LogP contribution in [0.1, 0.15) is 56.8 Å². The zero-order valence-corrected chi connectivity index (χ0v) is 12.8. The van der Waals surface area contributed by atoms with Crippen LogP contribution in [0.25, 0.3) is 0 Å². The molecule has 1 aliphatic carbocycles. The molecule has 1 saturated carbocycles. The average Bonchev–Trinajstić information content (AvgIpc) is 2.89. The quantitative estimate of drug-likeness (QED) is 0.885. The van der Waals surface area contributed by atoms with Crippen molar-refractivity contribution in [3.63, 3.8) is 0 Å². The molecule has 0 amide bonds. The van der Waals surface area contributed by atoms with Crippen molar-refractivity contribution in [3.05, 3.63) is 35.1 Å². The molecule has 0 aliphatic heterocycles. The monoisotopic (exact) mass is 279 g/mol. The third kappa shape index (κ3) is 2.75. The smallest absolute Gasteiger partial charge is 0.123 e. The van der Waals surface area contributed by atoms with Gasteiger partial charge >= 0.3 is 0 Å². The minimum absolute atomic E-state index is 0.219. The van der Waals surface area contributed by atoms with Crippen LogP contribution in [0.5, 0.6) is 0 Å². The van der Waals surface area contributed by atoms with E-state index in [1.165, 1.54) is 12.1 Å². The number of aryl methyl sites for hydroxylation is 1. The Balaban J connectivity index is 2.38. The van der Waals surface area contributed by atoms with Gasteiger partial charge in [-0.1, -0.05) is 32.8 Å². The van der Waals surface area contributed by atoms with Crippen molar-refractivity contribution in [2.24, 2.45) is 0 Å². The van der Waals surface area contributed by atoms with Crippen molar-refractivity contribution in [2.45, 2.75) is 58.1 Å². The summed E-state index contributed by atoms with van der Waals surface area (Å²) in [4.78, 5) is 2.35. The van der Waals surface area contributed by atoms with Crippen molar-refractivity contribution in [3.8, 4) is 0 Å². The number of halogens is 1. The molecule has 112 valence electrons. The van der Waals surface area contributed by atoms with Gasteiger partial charge in [0.2, 0.25) is 0 Å². The first-order valence-electron chi connectivity index (χ1n) is 7.73. The Morgan fingerprint density at radius 3 is 2.30 bits per heavy atom. The second-order valence-corrected chi connectivity index (χ2v) is 5.95. The van der Waals surface area contributed by atoms with E-state index in [1.807, 2.05) is 13.0 Å². The van der Waals surface area contributed by atoms with Gasteiger partial charge in [-0.15, -0.1) is 0 Å². The third-order valence-corrected chi connectivity index (χ3v) is 4.75. The van der Waals surface area contributed by atoms with Gasteiger partial charge < -0.3 is 5.11 Å². The van der Waals surface area contributed by atoms with Crippen LogP contribution in [-0.4, -0.2) is 28.6 Å². The van der Waals surface area contributed by atoms with E-state index in [4.69, 9.17) is 0 Å². The maximum atomic E-state index is 13.6. The fraction of sp³-hybridized carbons (Fsp3) is 0.647. The number of likely N-dealkylation sites (N-methyl/N-ethyl adjacent to an activating group) is 1. The molecule has 1 aromatic rings. The highest BCUT2D eigenvalue weighted by Crippen LogP contribution is 2.44. The van der Waals surface area contributed by atoms with Gasteiger partial charge in [0.25, 0.3) is 0 Å². The van der Waals surface area contributed by atoms with Gasteiger partial charge in [0.05, 0.1) is 11.6 Å². The highest BCUT2D eigenvalue weighted by atomic mass is 19.1. The van der Waals surface area contributed by atoms with Gasteiger partial charge in [-0.2, -0.15) is 0 Å². The molecule has 3 heteroatoms. The summed E-state index contributed by atoms with van der Waals surface area (Å²) in [7, 11) is 0. The Hall–Kier alpha value is -0.930. The molecule has 0 spiro atoms. The highest BCUT2D eigenvalue weighted by Gasteiger charge is 2.45. The van der Waals surface area contributed by atoms with E-state index < -0.39 is 6.10 Å². The standard InChI is InChI=1S/C17H26FNO/c1-4-19(5-2)17(8-6-7-9-17)16(20)14-10-13(3)11-15(18)12-14/h10-12,16,20H,4-9H2,1-3H3. The summed E-state index contributed by atoms with van der Waals surface area (Å²) in [5, 5.41) is 10.9. The van der Waals surface area contributed by atoms with Crippen LogP contribution in [0.3, 0.4) is 0 Å². The Morgan fingerprint density at radius 1 is 1.20 bits per heavy atom. The van der Waals surface area contributed by atoms with Crippen LogP contribution in [0, 0.1) is 12.7 Å². The fourth-order valence-corrected chi connectivity index (χ4v) is 3.84. The van der Waals surface area contributed by atoms with Gasteiger partial charge in [0.1, 0.15) is 5.82 Å². The lowest BCUT2D eigenvalue weighted by Crippen LogP contribution is -2.51. The average molecular weight is 279 g/mol. The number of aliphatic hydroxyl groups is 1. The number of rotatable bonds is 5. The van der Waals surface area contributed by atoms with Gasteiger partial charge in [-0.3, -0.25) is 4.90 Å². The second kappa shape index (κ2) is 6.23. The van der Waals surface area contributed by atoms with E-state index in [0.717, 1.165) is 49.9 Å². The third-order valence-electron chi connectivity index (χ3n) is 4.75. The molecule has 1 N–H and O–H groups in total. The molecule has 1 aromatic carbocycles. The largest absolute Gasteiger partial charge is 0.386 e. The van der Waals surface area contributed by atoms with Crippen LogP contribution in [0.2, 0.25) is 0 Å². The molecule has 2 nitrogen and oxygen atoms in total. The molecule has 0 bridgehead atoms. The van der Waals surface area contributed by atoms with Crippen LogP contribution < -0.4 is 0 Å². The molecule has 1 fully saturated rings. The minimum atomic E-state index is -0.612. The number of hydrogen-bond acceptors (Lipinski definition) is 2. The van der Waals surface area contributed by atoms with E-state index >= 15 is 0 Å². The van der Waals surface area contributed by atoms with Crippen LogP contribution in [0.4, 0.5) is 4.39 Å². The van der Waals surface area contributed by atoms with Crippen molar-refractivity contribution >= 4 is 0 Å². The van der Waals surface area contributed by atoms with E-state index in [2.05, 4.69) is 18.7 Å². The number of aliphatic hydroxyl groups excluding tert-OH is 1. The lowest BCUT2D eigenvalue weighted by Gasteiger charge is -2.44. The molecular formula is C17H26FNO. The predicted molar refractivity (Wildman–Crippen MR) is 80.2 cm³/mol. The van der Waals surface area contributed by atoms with Gasteiger partial charge in [0.15, 0.2) is 0 Å². The van der Waals surface area contributed by atoms with Crippen molar-refractivity contribution < 1.29 is 9.50 Å². The topological polar surface area (TPSA) is 23.5 Å². The number of nitrogens with zero attached hydrogens (tertiary/aromatic N) is 1. The molecule has 0 radical (unpaired) electrons. The molecule has 1 atom stereocenters. The molecule has 0 heterocycles. The van der Waals surface area contributed by atoms with Crippen LogP contribution in [0.15, 0.2) is 18.2 Å². The van der Waals surface area contributed by atoms with E-state index in [1.54, 1.807) is 0 Å². The van der Waals surface area contributed by atoms with Crippen LogP contribution in [-0.2, 0) is 0 Å². The molecule has 0 saturated heterocycles. The van der Waals surface area contributed by atoms with Gasteiger partial charge in [-0.25, -0.2) is 4.39 Å². The Morgan fingerprint density at radius 2 is 1.80 bits per heavy atom. The lowest BCUT2D eigenvalue weighted by molar-refractivity contribution is -0.0270. The van der Waals surface area contributed by atoms with E-state index in [-0.39, 0.29) is 11.4 Å². The normalized spacial score (nSPS) is 19.5. The Kier molecular flexibility index (Phi) is 4.82. The summed E-state index contributed by atoms with van der Waals surface area (Å²) < 4.78 is 13.6. The molecule has 0 aromatic heterocycles. The summed E-state index contributed by atoms with van der Waals surface area (Å²) >= 11 is 0. The zero-order valence-electron chi connectivity index (χ0n) is 12.8. The molecule has 1 aliphatic rings. The van der Waals surface area contributed by atoms with Crippen molar-refractivity contribution in [1.29, 1.82) is 0 Å². The zero-order chi connectivity index (χ0) is 14.8. The SMILES string of the molecule is CCN(CC)C1(C(O)c2cc(C)cc(F)c2)CCCC1. The molecular weight excluding hydrogens is 253 g/mol. The molecule has 20 heavy (non-hydrogen) atoms. The maximum absolute atomic E-state index is 13.6. The Bertz CT molecular complexity index is 430. The molecule has 2 rings (SSSR count). The van der Waals surface area contributed by atoms with E-state index in [0.29, 0.717) is 0 Å². The summed E-state index contributed by atoms with van der Waals surface area (Å²) in [6.07, 6.45) is 3.65. The number of benzene rings is 1. The number of hydrogen-bond donors (Lipinski definition) is 1. The van der Waals surface area contributed by atoms with E-state index in [9.17, 15) is 9.50 Å². The first-order valence-corrected chi connectivity index (χ1v) is 7.73. The second-order valence-electron chi connectivity index (χ2n) is 5.95. The summed E-state index contributed by atoms with van der Waals surface area (Å²) in [6.45, 7) is 7.97. The predicted octanol–water partition coefficient (Wildman–Crippen LogP) is 3.82. The van der Waals surface area contributed by atoms with Crippen molar-refractivity contribution in [2.75, 3.05) is 13.1 Å². The summed E-state index contributed by atoms with van der Waals surface area (Å²) in [5.41, 5.74) is 1.37. The highest BCUT2D eigenvalue weighted by molar-refractivity contribution is 5.28. The fourth-order valence-electron chi connectivity index (χ4n) is 3.84. The first-order chi connectivity index (χ1) is 9.53. The van der Waals surface area contributed by atoms with Gasteiger partial charge in [0, 0.05) is 0 Å². The summed E-state index contributed by atoms with van der Waals surface area (Å²) in [6, 6.07) is 4.91. The maximum Gasteiger partial charge on any atom is 0.123 e. The summed E-state index contributed by atoms with van der Waals surface area (Å²) in [5.74, 6) is -0.258. The van der Waals surface area contributed by atoms with Crippen LogP contribution >= 0.6 is 0 Å². The van der Waals surface area contributed by atoms with Gasteiger partial charge in [-0.05, 0) is 56.1 Å². The van der Waals surface area contributed by atoms with Crippen molar-refractivity contribution in [1.82, 2.24) is 4.90 Å². The first kappa shape index (κ1) is 15.5.